The van der Waals surface area contributed by atoms with Crippen LogP contribution in [0.3, 0.4) is 0 Å². The number of hydrogen-bond acceptors (Lipinski definition) is 3. The number of benzene rings is 1. The second-order valence-electron chi connectivity index (χ2n) is 3.77. The molecule has 0 aliphatic rings. The Bertz CT molecular complexity index is 491. The highest BCUT2D eigenvalue weighted by Crippen LogP contribution is 2.14. The van der Waals surface area contributed by atoms with Crippen molar-refractivity contribution in [3.05, 3.63) is 48.3 Å². The van der Waals surface area contributed by atoms with Crippen molar-refractivity contribution in [2.45, 2.75) is 6.54 Å². The molecule has 0 saturated carbocycles. The van der Waals surface area contributed by atoms with E-state index in [1.807, 2.05) is 42.7 Å². The lowest BCUT2D eigenvalue weighted by Gasteiger charge is -2.07. The number of amides is 1. The fourth-order valence-electron chi connectivity index (χ4n) is 1.51. The van der Waals surface area contributed by atoms with Gasteiger partial charge in [0.1, 0.15) is 0 Å². The van der Waals surface area contributed by atoms with Gasteiger partial charge < -0.3 is 15.0 Å². The predicted octanol–water partition coefficient (Wildman–Crippen LogP) is 2.81. The molecule has 1 aromatic heterocycles. The van der Waals surface area contributed by atoms with E-state index in [1.54, 1.807) is 0 Å². The van der Waals surface area contributed by atoms with Gasteiger partial charge in [-0.2, -0.15) is 0 Å². The van der Waals surface area contributed by atoms with E-state index in [2.05, 4.69) is 20.4 Å². The number of rotatable bonds is 4. The van der Waals surface area contributed by atoms with Crippen molar-refractivity contribution in [1.29, 1.82) is 0 Å². The molecule has 1 amide bonds. The second kappa shape index (κ2) is 5.77. The SMILES string of the molecule is COC(=O)Nc1ccc(NCc2cc[nH]c2)cc1. The average molecular weight is 245 g/mol. The van der Waals surface area contributed by atoms with Gasteiger partial charge in [-0.3, -0.25) is 5.32 Å². The molecule has 0 saturated heterocycles. The summed E-state index contributed by atoms with van der Waals surface area (Å²) in [5.41, 5.74) is 2.88. The summed E-state index contributed by atoms with van der Waals surface area (Å²) in [5, 5.41) is 5.87. The summed E-state index contributed by atoms with van der Waals surface area (Å²) in [4.78, 5) is 14.0. The van der Waals surface area contributed by atoms with Crippen molar-refractivity contribution < 1.29 is 9.53 Å². The van der Waals surface area contributed by atoms with Crippen molar-refractivity contribution in [1.82, 2.24) is 4.98 Å². The van der Waals surface area contributed by atoms with Crippen molar-refractivity contribution in [3.8, 4) is 0 Å². The first kappa shape index (κ1) is 12.0. The van der Waals surface area contributed by atoms with Gasteiger partial charge in [0.25, 0.3) is 0 Å². The van der Waals surface area contributed by atoms with Crippen LogP contribution in [-0.4, -0.2) is 18.2 Å². The zero-order chi connectivity index (χ0) is 12.8. The summed E-state index contributed by atoms with van der Waals surface area (Å²) < 4.78 is 4.51. The maximum Gasteiger partial charge on any atom is 0.411 e. The van der Waals surface area contributed by atoms with Crippen LogP contribution >= 0.6 is 0 Å². The first-order valence-corrected chi connectivity index (χ1v) is 5.58. The first-order valence-electron chi connectivity index (χ1n) is 5.58. The molecule has 0 aliphatic carbocycles. The topological polar surface area (TPSA) is 66.2 Å². The van der Waals surface area contributed by atoms with E-state index in [1.165, 1.54) is 12.7 Å². The largest absolute Gasteiger partial charge is 0.453 e. The molecule has 0 spiro atoms. The maximum atomic E-state index is 11.0. The van der Waals surface area contributed by atoms with E-state index in [-0.39, 0.29) is 0 Å². The fraction of sp³-hybridized carbons (Fsp3) is 0.154. The van der Waals surface area contributed by atoms with Crippen LogP contribution in [0.4, 0.5) is 16.2 Å². The minimum atomic E-state index is -0.469. The number of aromatic nitrogens is 1. The van der Waals surface area contributed by atoms with Crippen LogP contribution in [0.5, 0.6) is 0 Å². The summed E-state index contributed by atoms with van der Waals surface area (Å²) in [5.74, 6) is 0. The normalized spacial score (nSPS) is 9.83. The van der Waals surface area contributed by atoms with Crippen molar-refractivity contribution in [3.63, 3.8) is 0 Å². The third kappa shape index (κ3) is 3.28. The lowest BCUT2D eigenvalue weighted by atomic mass is 10.2. The molecular formula is C13H15N3O2. The molecule has 0 atom stereocenters. The zero-order valence-corrected chi connectivity index (χ0v) is 10.1. The van der Waals surface area contributed by atoms with E-state index < -0.39 is 6.09 Å². The Kier molecular flexibility index (Phi) is 3.86. The van der Waals surface area contributed by atoms with Crippen LogP contribution in [-0.2, 0) is 11.3 Å². The summed E-state index contributed by atoms with van der Waals surface area (Å²) in [6, 6.07) is 9.45. The molecule has 0 unspecified atom stereocenters. The minimum absolute atomic E-state index is 0.469. The Morgan fingerprint density at radius 2 is 1.94 bits per heavy atom. The molecule has 1 heterocycles. The predicted molar refractivity (Wildman–Crippen MR) is 70.6 cm³/mol. The van der Waals surface area contributed by atoms with Gasteiger partial charge >= 0.3 is 6.09 Å². The molecule has 94 valence electrons. The summed E-state index contributed by atoms with van der Waals surface area (Å²) in [6.07, 6.45) is 3.36. The van der Waals surface area contributed by atoms with Crippen molar-refractivity contribution in [2.75, 3.05) is 17.7 Å². The molecule has 0 radical (unpaired) electrons. The number of hydrogen-bond donors (Lipinski definition) is 3. The summed E-state index contributed by atoms with van der Waals surface area (Å²) >= 11 is 0. The van der Waals surface area contributed by atoms with Gasteiger partial charge in [-0.05, 0) is 35.9 Å². The van der Waals surface area contributed by atoms with Gasteiger partial charge in [0.05, 0.1) is 7.11 Å². The number of H-pyrrole nitrogens is 1. The van der Waals surface area contributed by atoms with Crippen LogP contribution in [0, 0.1) is 0 Å². The number of ether oxygens (including phenoxy) is 1. The van der Waals surface area contributed by atoms with Crippen LogP contribution in [0.2, 0.25) is 0 Å². The quantitative estimate of drug-likeness (QED) is 0.776. The molecular weight excluding hydrogens is 230 g/mol. The van der Waals surface area contributed by atoms with Gasteiger partial charge in [-0.25, -0.2) is 4.79 Å². The highest BCUT2D eigenvalue weighted by Gasteiger charge is 2.00. The van der Waals surface area contributed by atoms with Gasteiger partial charge in [0.2, 0.25) is 0 Å². The molecule has 0 fully saturated rings. The van der Waals surface area contributed by atoms with E-state index in [0.717, 1.165) is 12.2 Å². The minimum Gasteiger partial charge on any atom is -0.453 e. The molecule has 2 aromatic rings. The Balaban J connectivity index is 1.89. The third-order valence-electron chi connectivity index (χ3n) is 2.48. The Morgan fingerprint density at radius 1 is 1.22 bits per heavy atom. The highest BCUT2D eigenvalue weighted by molar-refractivity contribution is 5.84. The van der Waals surface area contributed by atoms with Crippen molar-refractivity contribution in [2.24, 2.45) is 0 Å². The maximum absolute atomic E-state index is 11.0. The van der Waals surface area contributed by atoms with E-state index in [0.29, 0.717) is 5.69 Å². The van der Waals surface area contributed by atoms with E-state index in [9.17, 15) is 4.79 Å². The molecule has 1 aromatic carbocycles. The molecule has 2 rings (SSSR count). The molecule has 3 N–H and O–H groups in total. The highest BCUT2D eigenvalue weighted by atomic mass is 16.5. The van der Waals surface area contributed by atoms with Crippen LogP contribution in [0.25, 0.3) is 0 Å². The monoisotopic (exact) mass is 245 g/mol. The molecule has 18 heavy (non-hydrogen) atoms. The summed E-state index contributed by atoms with van der Waals surface area (Å²) in [6.45, 7) is 0.757. The molecule has 0 aliphatic heterocycles. The van der Waals surface area contributed by atoms with Gasteiger partial charge in [-0.15, -0.1) is 0 Å². The number of methoxy groups -OCH3 is 1. The lowest BCUT2D eigenvalue weighted by molar-refractivity contribution is 0.187. The Hall–Kier alpha value is -2.43. The third-order valence-corrected chi connectivity index (χ3v) is 2.48. The number of anilines is 2. The molecule has 0 bridgehead atoms. The molecule has 5 nitrogen and oxygen atoms in total. The van der Waals surface area contributed by atoms with Crippen LogP contribution < -0.4 is 10.6 Å². The number of carbonyl (C=O) groups excluding carboxylic acids is 1. The standard InChI is InChI=1S/C13H15N3O2/c1-18-13(17)16-12-4-2-11(3-5-12)15-9-10-6-7-14-8-10/h2-8,14-15H,9H2,1H3,(H,16,17). The second-order valence-corrected chi connectivity index (χ2v) is 3.77. The van der Waals surface area contributed by atoms with Crippen molar-refractivity contribution >= 4 is 17.5 Å². The fourth-order valence-corrected chi connectivity index (χ4v) is 1.51. The number of nitrogens with one attached hydrogen (secondary N) is 3. The first-order chi connectivity index (χ1) is 8.78. The van der Waals surface area contributed by atoms with Gasteiger partial charge in [0.15, 0.2) is 0 Å². The number of aromatic amines is 1. The van der Waals surface area contributed by atoms with Gasteiger partial charge in [-0.1, -0.05) is 0 Å². The van der Waals surface area contributed by atoms with E-state index in [4.69, 9.17) is 0 Å². The summed E-state index contributed by atoms with van der Waals surface area (Å²) in [7, 11) is 1.34. The van der Waals surface area contributed by atoms with E-state index >= 15 is 0 Å². The van der Waals surface area contributed by atoms with Gasteiger partial charge in [0, 0.05) is 30.3 Å². The van der Waals surface area contributed by atoms with Crippen LogP contribution in [0.15, 0.2) is 42.7 Å². The zero-order valence-electron chi connectivity index (χ0n) is 10.1. The molecule has 5 heteroatoms. The van der Waals surface area contributed by atoms with Crippen LogP contribution in [0.1, 0.15) is 5.56 Å². The smallest absolute Gasteiger partial charge is 0.411 e. The Labute approximate surface area is 105 Å². The number of carbonyl (C=O) groups is 1. The average Bonchev–Trinajstić information content (AvgIpc) is 2.91. The Morgan fingerprint density at radius 3 is 2.56 bits per heavy atom. The lowest BCUT2D eigenvalue weighted by Crippen LogP contribution is -2.10.